The maximum absolute atomic E-state index is 4.44. The zero-order chi connectivity index (χ0) is 8.67. The van der Waals surface area contributed by atoms with Gasteiger partial charge in [-0.15, -0.1) is 0 Å². The Morgan fingerprint density at radius 3 is 3.38 bits per heavy atom. The van der Waals surface area contributed by atoms with Crippen LogP contribution in [0, 0.1) is 0 Å². The monoisotopic (exact) mass is 174 g/mol. The van der Waals surface area contributed by atoms with Gasteiger partial charge >= 0.3 is 0 Å². The summed E-state index contributed by atoms with van der Waals surface area (Å²) >= 11 is 0. The van der Waals surface area contributed by atoms with E-state index in [1.807, 2.05) is 6.20 Å². The lowest BCUT2D eigenvalue weighted by molar-refractivity contribution is 0.578. The van der Waals surface area contributed by atoms with Crippen LogP contribution in [-0.2, 0) is 6.42 Å². The van der Waals surface area contributed by atoms with Gasteiger partial charge in [0.2, 0.25) is 0 Å². The number of fused-ring (bicyclic) bond motifs is 3. The quantitative estimate of drug-likeness (QED) is 0.598. The summed E-state index contributed by atoms with van der Waals surface area (Å²) in [6.45, 7) is 1.24. The van der Waals surface area contributed by atoms with E-state index in [0.717, 1.165) is 6.04 Å². The first-order chi connectivity index (χ1) is 6.45. The van der Waals surface area contributed by atoms with Crippen LogP contribution in [0.5, 0.6) is 0 Å². The molecule has 0 N–H and O–H groups in total. The lowest BCUT2D eigenvalue weighted by Crippen LogP contribution is -2.34. The normalized spacial score (nSPS) is 25.5. The summed E-state index contributed by atoms with van der Waals surface area (Å²) < 4.78 is 0. The van der Waals surface area contributed by atoms with Gasteiger partial charge in [-0.05, 0) is 37.8 Å². The first kappa shape index (κ1) is 7.36. The van der Waals surface area contributed by atoms with Gasteiger partial charge in [-0.3, -0.25) is 4.98 Å². The van der Waals surface area contributed by atoms with Gasteiger partial charge in [0, 0.05) is 18.8 Å². The van der Waals surface area contributed by atoms with Gasteiger partial charge in [0.05, 0.1) is 11.4 Å². The molecule has 1 aromatic rings. The summed E-state index contributed by atoms with van der Waals surface area (Å²) in [5.74, 6) is 0. The zero-order valence-corrected chi connectivity index (χ0v) is 7.74. The molecular formula is C11H14N2. The van der Waals surface area contributed by atoms with Gasteiger partial charge in [-0.1, -0.05) is 0 Å². The molecule has 1 unspecified atom stereocenters. The van der Waals surface area contributed by atoms with Crippen molar-refractivity contribution < 1.29 is 0 Å². The van der Waals surface area contributed by atoms with E-state index >= 15 is 0 Å². The molecule has 0 bridgehead atoms. The van der Waals surface area contributed by atoms with E-state index in [-0.39, 0.29) is 0 Å². The fourth-order valence-corrected chi connectivity index (χ4v) is 2.64. The van der Waals surface area contributed by atoms with Crippen molar-refractivity contribution in [3.05, 3.63) is 24.0 Å². The predicted molar refractivity (Wildman–Crippen MR) is 52.9 cm³/mol. The van der Waals surface area contributed by atoms with Crippen LogP contribution >= 0.6 is 0 Å². The Balaban J connectivity index is 2.06. The minimum atomic E-state index is 0.816. The van der Waals surface area contributed by atoms with E-state index in [9.17, 15) is 0 Å². The van der Waals surface area contributed by atoms with Gasteiger partial charge in [-0.25, -0.2) is 0 Å². The van der Waals surface area contributed by atoms with Crippen LogP contribution in [0.2, 0.25) is 0 Å². The molecule has 0 spiro atoms. The molecular weight excluding hydrogens is 160 g/mol. The number of aromatic nitrogens is 1. The molecule has 0 saturated carbocycles. The summed E-state index contributed by atoms with van der Waals surface area (Å²) in [5, 5.41) is 0. The van der Waals surface area contributed by atoms with Gasteiger partial charge in [0.1, 0.15) is 0 Å². The Labute approximate surface area is 78.6 Å². The summed E-state index contributed by atoms with van der Waals surface area (Å²) in [6, 6.07) is 5.09. The van der Waals surface area contributed by atoms with E-state index in [1.165, 1.54) is 43.6 Å². The largest absolute Gasteiger partial charge is 0.367 e. The van der Waals surface area contributed by atoms with Crippen LogP contribution in [0.1, 0.15) is 25.0 Å². The summed E-state index contributed by atoms with van der Waals surface area (Å²) in [5.41, 5.74) is 2.71. The van der Waals surface area contributed by atoms with E-state index in [0.29, 0.717) is 0 Å². The topological polar surface area (TPSA) is 16.1 Å². The van der Waals surface area contributed by atoms with Crippen molar-refractivity contribution in [2.24, 2.45) is 0 Å². The highest BCUT2D eigenvalue weighted by molar-refractivity contribution is 5.54. The molecule has 1 saturated heterocycles. The fraction of sp³-hybridized carbons (Fsp3) is 0.545. The van der Waals surface area contributed by atoms with E-state index in [1.54, 1.807) is 0 Å². The SMILES string of the molecule is c1cnc2c(c1)N1CCCC1CC2. The average molecular weight is 174 g/mol. The summed E-state index contributed by atoms with van der Waals surface area (Å²) in [6.07, 6.45) is 7.14. The molecule has 0 aromatic carbocycles. The molecule has 0 amide bonds. The van der Waals surface area contributed by atoms with Crippen LogP contribution in [0.25, 0.3) is 0 Å². The van der Waals surface area contributed by atoms with Gasteiger partial charge < -0.3 is 4.90 Å². The minimum absolute atomic E-state index is 0.816. The first-order valence-electron chi connectivity index (χ1n) is 5.16. The van der Waals surface area contributed by atoms with Crippen LogP contribution in [0.15, 0.2) is 18.3 Å². The highest BCUT2D eigenvalue weighted by atomic mass is 15.2. The molecule has 1 aromatic heterocycles. The molecule has 0 aliphatic carbocycles. The second-order valence-electron chi connectivity index (χ2n) is 4.00. The molecule has 3 rings (SSSR count). The second kappa shape index (κ2) is 2.72. The van der Waals surface area contributed by atoms with Crippen LogP contribution in [0.4, 0.5) is 5.69 Å². The van der Waals surface area contributed by atoms with E-state index in [4.69, 9.17) is 0 Å². The highest BCUT2D eigenvalue weighted by Gasteiger charge is 2.30. The fourth-order valence-electron chi connectivity index (χ4n) is 2.64. The zero-order valence-electron chi connectivity index (χ0n) is 7.74. The number of nitrogens with zero attached hydrogens (tertiary/aromatic N) is 2. The van der Waals surface area contributed by atoms with E-state index in [2.05, 4.69) is 22.0 Å². The third-order valence-corrected chi connectivity index (χ3v) is 3.27. The van der Waals surface area contributed by atoms with Gasteiger partial charge in [0.25, 0.3) is 0 Å². The lowest BCUT2D eigenvalue weighted by Gasteiger charge is -2.32. The lowest BCUT2D eigenvalue weighted by atomic mass is 10.0. The molecule has 1 fully saturated rings. The molecule has 68 valence electrons. The smallest absolute Gasteiger partial charge is 0.0637 e. The van der Waals surface area contributed by atoms with Crippen molar-refractivity contribution in [3.8, 4) is 0 Å². The first-order valence-corrected chi connectivity index (χ1v) is 5.16. The van der Waals surface area contributed by atoms with Crippen molar-refractivity contribution in [1.29, 1.82) is 0 Å². The highest BCUT2D eigenvalue weighted by Crippen LogP contribution is 2.34. The van der Waals surface area contributed by atoms with Crippen LogP contribution in [0.3, 0.4) is 0 Å². The standard InChI is InChI=1S/C11H14N2/c1-4-11-10(12-7-1)6-5-9-3-2-8-13(9)11/h1,4,7,9H,2-3,5-6,8H2. The maximum atomic E-state index is 4.44. The van der Waals surface area contributed by atoms with Crippen molar-refractivity contribution in [1.82, 2.24) is 4.98 Å². The van der Waals surface area contributed by atoms with Crippen LogP contribution < -0.4 is 4.90 Å². The maximum Gasteiger partial charge on any atom is 0.0637 e. The Morgan fingerprint density at radius 1 is 1.38 bits per heavy atom. The molecule has 1 atom stereocenters. The predicted octanol–water partition coefficient (Wildman–Crippen LogP) is 2.00. The number of pyridine rings is 1. The van der Waals surface area contributed by atoms with E-state index < -0.39 is 0 Å². The minimum Gasteiger partial charge on any atom is -0.367 e. The number of aryl methyl sites for hydroxylation is 1. The molecule has 2 nitrogen and oxygen atoms in total. The molecule has 2 heteroatoms. The molecule has 2 aliphatic heterocycles. The third-order valence-electron chi connectivity index (χ3n) is 3.27. The Bertz CT molecular complexity index is 322. The van der Waals surface area contributed by atoms with Gasteiger partial charge in [0.15, 0.2) is 0 Å². The van der Waals surface area contributed by atoms with Crippen molar-refractivity contribution >= 4 is 5.69 Å². The number of hydrogen-bond donors (Lipinski definition) is 0. The van der Waals surface area contributed by atoms with Crippen LogP contribution in [-0.4, -0.2) is 17.6 Å². The molecule has 2 aliphatic rings. The van der Waals surface area contributed by atoms with Crippen molar-refractivity contribution in [2.75, 3.05) is 11.4 Å². The average Bonchev–Trinajstić information content (AvgIpc) is 2.65. The molecule has 0 radical (unpaired) electrons. The Hall–Kier alpha value is -1.05. The number of rotatable bonds is 0. The Morgan fingerprint density at radius 2 is 2.38 bits per heavy atom. The molecule has 13 heavy (non-hydrogen) atoms. The van der Waals surface area contributed by atoms with Crippen molar-refractivity contribution in [3.63, 3.8) is 0 Å². The summed E-state index contributed by atoms with van der Waals surface area (Å²) in [7, 11) is 0. The summed E-state index contributed by atoms with van der Waals surface area (Å²) in [4.78, 5) is 6.99. The Kier molecular flexibility index (Phi) is 1.54. The number of hydrogen-bond acceptors (Lipinski definition) is 2. The second-order valence-corrected chi connectivity index (χ2v) is 4.00. The third kappa shape index (κ3) is 1.05. The van der Waals surface area contributed by atoms with Gasteiger partial charge in [-0.2, -0.15) is 0 Å². The molecule has 3 heterocycles. The number of anilines is 1. The van der Waals surface area contributed by atoms with Crippen molar-refractivity contribution in [2.45, 2.75) is 31.7 Å².